The van der Waals surface area contributed by atoms with Gasteiger partial charge in [-0.05, 0) is 29.8 Å². The Labute approximate surface area is 146 Å². The van der Waals surface area contributed by atoms with Crippen molar-refractivity contribution in [1.29, 1.82) is 0 Å². The van der Waals surface area contributed by atoms with Gasteiger partial charge in [0.25, 0.3) is 0 Å². The molecule has 25 heavy (non-hydrogen) atoms. The van der Waals surface area contributed by atoms with Crippen molar-refractivity contribution in [3.05, 3.63) is 60.2 Å². The maximum atomic E-state index is 12.2. The van der Waals surface area contributed by atoms with E-state index in [1.165, 1.54) is 0 Å². The fourth-order valence-electron chi connectivity index (χ4n) is 2.54. The second-order valence-electron chi connectivity index (χ2n) is 5.69. The molecule has 2 aromatic carbocycles. The molecule has 0 aromatic heterocycles. The van der Waals surface area contributed by atoms with Crippen LogP contribution in [0.25, 0.3) is 0 Å². The fraction of sp³-hybridized carbons (Fsp3) is 0.263. The number of carbonyl (C=O) groups is 2. The van der Waals surface area contributed by atoms with Crippen LogP contribution in [0.15, 0.2) is 54.6 Å². The van der Waals surface area contributed by atoms with Crippen LogP contribution in [0.1, 0.15) is 5.56 Å². The zero-order chi connectivity index (χ0) is 17.5. The summed E-state index contributed by atoms with van der Waals surface area (Å²) in [6, 6.07) is 16.0. The molecule has 1 fully saturated rings. The lowest BCUT2D eigenvalue weighted by molar-refractivity contribution is -0.134. The Bertz CT molecular complexity index is 710. The molecule has 0 spiro atoms. The van der Waals surface area contributed by atoms with Crippen molar-refractivity contribution in [1.82, 2.24) is 4.90 Å². The highest BCUT2D eigenvalue weighted by Crippen LogP contribution is 2.14. The number of hydrogen-bond donors (Lipinski definition) is 1. The van der Waals surface area contributed by atoms with E-state index in [0.717, 1.165) is 5.56 Å². The van der Waals surface area contributed by atoms with Gasteiger partial charge in [0, 0.05) is 18.8 Å². The normalized spacial score (nSPS) is 14.0. The van der Waals surface area contributed by atoms with Crippen LogP contribution >= 0.6 is 0 Å². The smallest absolute Gasteiger partial charge is 0.410 e. The van der Waals surface area contributed by atoms with Gasteiger partial charge in [-0.15, -0.1) is 0 Å². The summed E-state index contributed by atoms with van der Waals surface area (Å²) >= 11 is 0. The molecular weight excluding hydrogens is 320 g/mol. The summed E-state index contributed by atoms with van der Waals surface area (Å²) in [5.41, 5.74) is 1.52. The van der Waals surface area contributed by atoms with E-state index in [2.05, 4.69) is 5.32 Å². The van der Waals surface area contributed by atoms with Crippen molar-refractivity contribution in [2.75, 3.05) is 31.6 Å². The average molecular weight is 340 g/mol. The van der Waals surface area contributed by atoms with E-state index in [9.17, 15) is 9.59 Å². The number of carbonyl (C=O) groups excluding carboxylic acids is 2. The minimum Gasteiger partial charge on any atom is -0.410 e. The van der Waals surface area contributed by atoms with E-state index in [1.807, 2.05) is 23.1 Å². The van der Waals surface area contributed by atoms with Gasteiger partial charge < -0.3 is 14.4 Å². The molecule has 1 N–H and O–H groups in total. The molecule has 1 aliphatic rings. The molecule has 2 aromatic rings. The second-order valence-corrected chi connectivity index (χ2v) is 5.69. The van der Waals surface area contributed by atoms with Crippen LogP contribution in [0.5, 0.6) is 5.75 Å². The number of nitrogens with one attached hydrogen (secondary N) is 1. The predicted octanol–water partition coefficient (Wildman–Crippen LogP) is 2.70. The summed E-state index contributed by atoms with van der Waals surface area (Å²) < 4.78 is 10.4. The molecule has 2 amide bonds. The van der Waals surface area contributed by atoms with Crippen molar-refractivity contribution in [2.24, 2.45) is 0 Å². The highest BCUT2D eigenvalue weighted by atomic mass is 16.6. The predicted molar refractivity (Wildman–Crippen MR) is 93.6 cm³/mol. The lowest BCUT2D eigenvalue weighted by Gasteiger charge is -2.26. The minimum absolute atomic E-state index is 0.0903. The molecule has 0 radical (unpaired) electrons. The standard InChI is InChI=1S/C19H20N2O4/c22-18(21-10-12-24-13-11-21)14-15-6-8-16(9-7-15)20-19(23)25-17-4-2-1-3-5-17/h1-9H,10-14H2,(H,20,23). The first kappa shape index (κ1) is 17.0. The third-order valence-corrected chi connectivity index (χ3v) is 3.87. The van der Waals surface area contributed by atoms with Gasteiger partial charge in [0.2, 0.25) is 5.91 Å². The third-order valence-electron chi connectivity index (χ3n) is 3.87. The second kappa shape index (κ2) is 8.30. The summed E-state index contributed by atoms with van der Waals surface area (Å²) in [5.74, 6) is 0.570. The lowest BCUT2D eigenvalue weighted by atomic mass is 10.1. The first-order chi connectivity index (χ1) is 12.2. The van der Waals surface area contributed by atoms with Gasteiger partial charge in [-0.1, -0.05) is 30.3 Å². The molecule has 0 saturated carbocycles. The van der Waals surface area contributed by atoms with Crippen LogP contribution < -0.4 is 10.1 Å². The number of nitrogens with zero attached hydrogens (tertiary/aromatic N) is 1. The van der Waals surface area contributed by atoms with E-state index in [4.69, 9.17) is 9.47 Å². The Kier molecular flexibility index (Phi) is 5.64. The molecule has 130 valence electrons. The zero-order valence-corrected chi connectivity index (χ0v) is 13.8. The van der Waals surface area contributed by atoms with Crippen molar-refractivity contribution < 1.29 is 19.1 Å². The molecular formula is C19H20N2O4. The SMILES string of the molecule is O=C(Nc1ccc(CC(=O)N2CCOCC2)cc1)Oc1ccccc1. The quantitative estimate of drug-likeness (QED) is 0.929. The van der Waals surface area contributed by atoms with Crippen LogP contribution in [0.3, 0.4) is 0 Å². The Morgan fingerprint density at radius 3 is 2.36 bits per heavy atom. The summed E-state index contributed by atoms with van der Waals surface area (Å²) in [7, 11) is 0. The van der Waals surface area contributed by atoms with Crippen LogP contribution in [-0.4, -0.2) is 43.2 Å². The van der Waals surface area contributed by atoms with Gasteiger partial charge in [-0.3, -0.25) is 10.1 Å². The Morgan fingerprint density at radius 2 is 1.68 bits per heavy atom. The Hall–Kier alpha value is -2.86. The van der Waals surface area contributed by atoms with E-state index < -0.39 is 6.09 Å². The van der Waals surface area contributed by atoms with Crippen molar-refractivity contribution in [2.45, 2.75) is 6.42 Å². The highest BCUT2D eigenvalue weighted by Gasteiger charge is 2.16. The van der Waals surface area contributed by atoms with Crippen molar-refractivity contribution in [3.8, 4) is 5.75 Å². The van der Waals surface area contributed by atoms with E-state index in [0.29, 0.717) is 44.2 Å². The molecule has 0 bridgehead atoms. The first-order valence-electron chi connectivity index (χ1n) is 8.19. The van der Waals surface area contributed by atoms with Gasteiger partial charge in [0.15, 0.2) is 0 Å². The monoisotopic (exact) mass is 340 g/mol. The first-order valence-corrected chi connectivity index (χ1v) is 8.19. The largest absolute Gasteiger partial charge is 0.417 e. The highest BCUT2D eigenvalue weighted by molar-refractivity contribution is 5.86. The zero-order valence-electron chi connectivity index (χ0n) is 13.8. The average Bonchev–Trinajstić information content (AvgIpc) is 2.65. The fourth-order valence-corrected chi connectivity index (χ4v) is 2.54. The molecule has 6 nitrogen and oxygen atoms in total. The number of anilines is 1. The van der Waals surface area contributed by atoms with Crippen molar-refractivity contribution in [3.63, 3.8) is 0 Å². The molecule has 6 heteroatoms. The lowest BCUT2D eigenvalue weighted by Crippen LogP contribution is -2.41. The van der Waals surface area contributed by atoms with Gasteiger partial charge in [-0.25, -0.2) is 4.79 Å². The number of benzene rings is 2. The number of morpholine rings is 1. The van der Waals surface area contributed by atoms with Gasteiger partial charge in [0.05, 0.1) is 19.6 Å². The summed E-state index contributed by atoms with van der Waals surface area (Å²) in [5, 5.41) is 2.66. The van der Waals surface area contributed by atoms with Gasteiger partial charge in [-0.2, -0.15) is 0 Å². The summed E-state index contributed by atoms with van der Waals surface area (Å²) in [4.78, 5) is 25.9. The molecule has 1 heterocycles. The van der Waals surface area contributed by atoms with Gasteiger partial charge >= 0.3 is 6.09 Å². The van der Waals surface area contributed by atoms with Crippen molar-refractivity contribution >= 4 is 17.7 Å². The molecule has 1 aliphatic heterocycles. The Balaban J connectivity index is 1.51. The minimum atomic E-state index is -0.552. The molecule has 1 saturated heterocycles. The van der Waals surface area contributed by atoms with Crippen LogP contribution in [0, 0.1) is 0 Å². The number of rotatable bonds is 4. The number of amides is 2. The molecule has 0 aliphatic carbocycles. The third kappa shape index (κ3) is 5.06. The molecule has 0 atom stereocenters. The molecule has 0 unspecified atom stereocenters. The molecule has 3 rings (SSSR count). The number of ether oxygens (including phenoxy) is 2. The summed E-state index contributed by atoms with van der Waals surface area (Å²) in [6.45, 7) is 2.48. The van der Waals surface area contributed by atoms with E-state index in [-0.39, 0.29) is 5.91 Å². The van der Waals surface area contributed by atoms with E-state index in [1.54, 1.807) is 36.4 Å². The maximum Gasteiger partial charge on any atom is 0.417 e. The summed E-state index contributed by atoms with van der Waals surface area (Å²) in [6.07, 6.45) is -0.210. The van der Waals surface area contributed by atoms with Crippen LogP contribution in [0.2, 0.25) is 0 Å². The Morgan fingerprint density at radius 1 is 1.00 bits per heavy atom. The number of hydrogen-bond acceptors (Lipinski definition) is 4. The van der Waals surface area contributed by atoms with E-state index >= 15 is 0 Å². The maximum absolute atomic E-state index is 12.2. The van der Waals surface area contributed by atoms with Crippen LogP contribution in [-0.2, 0) is 16.0 Å². The topological polar surface area (TPSA) is 67.9 Å². The van der Waals surface area contributed by atoms with Crippen LogP contribution in [0.4, 0.5) is 10.5 Å². The number of para-hydroxylation sites is 1. The van der Waals surface area contributed by atoms with Gasteiger partial charge in [0.1, 0.15) is 5.75 Å².